The van der Waals surface area contributed by atoms with Crippen molar-refractivity contribution in [1.82, 2.24) is 19.6 Å². The summed E-state index contributed by atoms with van der Waals surface area (Å²) in [6.07, 6.45) is 3.72. The van der Waals surface area contributed by atoms with Crippen LogP contribution in [0.1, 0.15) is 29.0 Å². The molecule has 8 nitrogen and oxygen atoms in total. The van der Waals surface area contributed by atoms with Gasteiger partial charge in [-0.1, -0.05) is 0 Å². The van der Waals surface area contributed by atoms with Gasteiger partial charge in [-0.25, -0.2) is 4.68 Å². The molecule has 0 fully saturated rings. The first-order valence-electron chi connectivity index (χ1n) is 7.62. The molecule has 24 heavy (non-hydrogen) atoms. The number of anilines is 1. The monoisotopic (exact) mass is 349 g/mol. The molecule has 0 saturated carbocycles. The van der Waals surface area contributed by atoms with E-state index in [1.54, 1.807) is 17.8 Å². The van der Waals surface area contributed by atoms with Crippen LogP contribution < -0.4 is 5.32 Å². The normalized spacial score (nSPS) is 17.1. The Hall–Kier alpha value is -2.29. The van der Waals surface area contributed by atoms with E-state index in [-0.39, 0.29) is 23.7 Å². The van der Waals surface area contributed by atoms with E-state index in [1.807, 2.05) is 20.2 Å². The molecule has 1 aliphatic rings. The lowest BCUT2D eigenvalue weighted by Crippen LogP contribution is -2.20. The van der Waals surface area contributed by atoms with Crippen molar-refractivity contribution in [3.8, 4) is 0 Å². The third-order valence-corrected chi connectivity index (χ3v) is 4.96. The van der Waals surface area contributed by atoms with Gasteiger partial charge < -0.3 is 10.1 Å². The van der Waals surface area contributed by atoms with Crippen molar-refractivity contribution in [2.24, 2.45) is 7.05 Å². The molecule has 0 radical (unpaired) electrons. The molecule has 2 aromatic rings. The van der Waals surface area contributed by atoms with Crippen molar-refractivity contribution in [1.29, 1.82) is 0 Å². The minimum atomic E-state index is -0.383. The third-order valence-electron chi connectivity index (χ3n) is 3.69. The van der Waals surface area contributed by atoms with Gasteiger partial charge in [0.1, 0.15) is 12.4 Å². The summed E-state index contributed by atoms with van der Waals surface area (Å²) >= 11 is 1.52. The predicted molar refractivity (Wildman–Crippen MR) is 89.7 cm³/mol. The van der Waals surface area contributed by atoms with Crippen LogP contribution in [0.2, 0.25) is 0 Å². The Morgan fingerprint density at radius 3 is 3.00 bits per heavy atom. The molecular weight excluding hydrogens is 330 g/mol. The number of aromatic nitrogens is 4. The minimum Gasteiger partial charge on any atom is -0.465 e. The summed E-state index contributed by atoms with van der Waals surface area (Å²) in [5, 5.41) is 11.5. The Balaban J connectivity index is 2.03. The fraction of sp³-hybridized carbons (Fsp3) is 0.467. The number of hydrogen-bond donors (Lipinski definition) is 1. The number of thioether (sulfide) groups is 1. The van der Waals surface area contributed by atoms with Crippen molar-refractivity contribution in [2.75, 3.05) is 17.7 Å². The summed E-state index contributed by atoms with van der Waals surface area (Å²) in [6.45, 7) is 3.90. The van der Waals surface area contributed by atoms with Gasteiger partial charge in [-0.05, 0) is 13.8 Å². The first-order valence-corrected chi connectivity index (χ1v) is 8.67. The fourth-order valence-electron chi connectivity index (χ4n) is 2.73. The van der Waals surface area contributed by atoms with Gasteiger partial charge in [0.2, 0.25) is 5.91 Å². The molecule has 0 unspecified atom stereocenters. The lowest BCUT2D eigenvalue weighted by molar-refractivity contribution is -0.144. The lowest BCUT2D eigenvalue weighted by atomic mass is 10.1. The largest absolute Gasteiger partial charge is 0.465 e. The zero-order valence-electron chi connectivity index (χ0n) is 13.8. The number of aryl methyl sites for hydroxylation is 2. The number of rotatable bonds is 4. The van der Waals surface area contributed by atoms with Crippen molar-refractivity contribution >= 4 is 29.5 Å². The number of hydrogen-bond acceptors (Lipinski definition) is 6. The molecule has 3 rings (SSSR count). The van der Waals surface area contributed by atoms with E-state index < -0.39 is 0 Å². The summed E-state index contributed by atoms with van der Waals surface area (Å²) in [5.74, 6) is 0.390. The molecule has 0 saturated heterocycles. The van der Waals surface area contributed by atoms with E-state index in [4.69, 9.17) is 4.74 Å². The van der Waals surface area contributed by atoms with Gasteiger partial charge in [0.15, 0.2) is 0 Å². The molecule has 0 bridgehead atoms. The molecule has 2 aromatic heterocycles. The number of amides is 1. The topological polar surface area (TPSA) is 91.0 Å². The minimum absolute atomic E-state index is 0.0330. The van der Waals surface area contributed by atoms with Crippen molar-refractivity contribution in [3.05, 3.63) is 29.2 Å². The zero-order valence-corrected chi connectivity index (χ0v) is 14.6. The van der Waals surface area contributed by atoms with Crippen LogP contribution >= 0.6 is 11.8 Å². The molecular formula is C15H19N5O3S. The molecule has 1 amide bonds. The van der Waals surface area contributed by atoms with Gasteiger partial charge in [-0.2, -0.15) is 10.2 Å². The quantitative estimate of drug-likeness (QED) is 0.836. The first-order chi connectivity index (χ1) is 11.5. The number of nitrogens with zero attached hydrogens (tertiary/aromatic N) is 4. The van der Waals surface area contributed by atoms with Crippen molar-refractivity contribution < 1.29 is 14.3 Å². The summed E-state index contributed by atoms with van der Waals surface area (Å²) in [7, 11) is 1.85. The van der Waals surface area contributed by atoms with E-state index in [2.05, 4.69) is 15.5 Å². The Bertz CT molecular complexity index is 782. The molecule has 0 aromatic carbocycles. The van der Waals surface area contributed by atoms with Gasteiger partial charge in [0, 0.05) is 24.4 Å². The number of ether oxygens (including phenoxy) is 1. The van der Waals surface area contributed by atoms with Crippen LogP contribution in [0.15, 0.2) is 12.4 Å². The van der Waals surface area contributed by atoms with E-state index in [9.17, 15) is 9.59 Å². The number of nitrogens with one attached hydrogen (secondary N) is 1. The summed E-state index contributed by atoms with van der Waals surface area (Å²) < 4.78 is 8.23. The van der Waals surface area contributed by atoms with Crippen molar-refractivity contribution in [3.63, 3.8) is 0 Å². The number of esters is 1. The van der Waals surface area contributed by atoms with E-state index in [1.165, 1.54) is 16.4 Å². The average Bonchev–Trinajstić information content (AvgIpc) is 3.00. The summed E-state index contributed by atoms with van der Waals surface area (Å²) in [6, 6.07) is 0. The highest BCUT2D eigenvalue weighted by Gasteiger charge is 2.31. The fourth-order valence-corrected chi connectivity index (χ4v) is 3.89. The molecule has 0 aliphatic carbocycles. The maximum atomic E-state index is 12.1. The standard InChI is InChI=1S/C15H19N5O3S/c1-4-23-12(22)7-20-15-13(9(2)18-20)14(24-8-11(21)17-15)10-5-16-19(3)6-10/h5-6,14H,4,7-8H2,1-3H3,(H,17,21)/t14-/m1/s1. The maximum Gasteiger partial charge on any atom is 0.327 e. The van der Waals surface area contributed by atoms with Gasteiger partial charge in [0.05, 0.1) is 29.5 Å². The predicted octanol–water partition coefficient (Wildman–Crippen LogP) is 1.26. The maximum absolute atomic E-state index is 12.1. The third kappa shape index (κ3) is 3.16. The van der Waals surface area contributed by atoms with Gasteiger partial charge >= 0.3 is 5.97 Å². The second kappa shape index (κ2) is 6.68. The first kappa shape index (κ1) is 16.6. The lowest BCUT2D eigenvalue weighted by Gasteiger charge is -2.12. The van der Waals surface area contributed by atoms with Gasteiger partial charge in [-0.15, -0.1) is 11.8 Å². The van der Waals surface area contributed by atoms with Crippen LogP contribution in [-0.2, 0) is 27.9 Å². The van der Waals surface area contributed by atoms with Crippen LogP contribution in [-0.4, -0.2) is 43.8 Å². The molecule has 3 heterocycles. The zero-order chi connectivity index (χ0) is 17.3. The average molecular weight is 349 g/mol. The summed E-state index contributed by atoms with van der Waals surface area (Å²) in [5.41, 5.74) is 2.68. The van der Waals surface area contributed by atoms with Gasteiger partial charge in [0.25, 0.3) is 0 Å². The van der Waals surface area contributed by atoms with Crippen LogP contribution in [0, 0.1) is 6.92 Å². The van der Waals surface area contributed by atoms with Gasteiger partial charge in [-0.3, -0.25) is 14.3 Å². The molecule has 1 N–H and O–H groups in total. The molecule has 0 spiro atoms. The van der Waals surface area contributed by atoms with Crippen molar-refractivity contribution in [2.45, 2.75) is 25.6 Å². The molecule has 1 atom stereocenters. The smallest absolute Gasteiger partial charge is 0.327 e. The SMILES string of the molecule is CCOC(=O)Cn1nc(C)c2c1NC(=O)CS[C@@H]2c1cnn(C)c1. The Kier molecular flexibility index (Phi) is 4.61. The second-order valence-corrected chi connectivity index (χ2v) is 6.59. The Labute approximate surface area is 143 Å². The van der Waals surface area contributed by atoms with E-state index in [0.29, 0.717) is 18.2 Å². The highest BCUT2D eigenvalue weighted by atomic mass is 32.2. The van der Waals surface area contributed by atoms with E-state index in [0.717, 1.165) is 16.8 Å². The van der Waals surface area contributed by atoms with Crippen LogP contribution in [0.25, 0.3) is 0 Å². The summed E-state index contributed by atoms with van der Waals surface area (Å²) in [4.78, 5) is 23.9. The van der Waals surface area contributed by atoms with E-state index >= 15 is 0 Å². The number of carbonyl (C=O) groups is 2. The second-order valence-electron chi connectivity index (χ2n) is 5.50. The van der Waals surface area contributed by atoms with Crippen LogP contribution in [0.4, 0.5) is 5.82 Å². The number of fused-ring (bicyclic) bond motifs is 1. The highest BCUT2D eigenvalue weighted by Crippen LogP contribution is 2.42. The van der Waals surface area contributed by atoms with Crippen LogP contribution in [0.3, 0.4) is 0 Å². The van der Waals surface area contributed by atoms with Crippen LogP contribution in [0.5, 0.6) is 0 Å². The molecule has 128 valence electrons. The number of carbonyl (C=O) groups excluding carboxylic acids is 2. The Morgan fingerprint density at radius 2 is 2.33 bits per heavy atom. The molecule has 9 heteroatoms. The highest BCUT2D eigenvalue weighted by molar-refractivity contribution is 8.00. The Morgan fingerprint density at radius 1 is 1.54 bits per heavy atom. The molecule has 1 aliphatic heterocycles.